The van der Waals surface area contributed by atoms with Crippen LogP contribution in [0.25, 0.3) is 0 Å². The molecule has 0 atom stereocenters. The molecule has 1 nitrogen and oxygen atoms in total. The van der Waals surface area contributed by atoms with Gasteiger partial charge in [0.2, 0.25) is 0 Å². The number of benzene rings is 1. The van der Waals surface area contributed by atoms with Crippen molar-refractivity contribution in [2.24, 2.45) is 0 Å². The molecule has 1 aromatic carbocycles. The van der Waals surface area contributed by atoms with Crippen molar-refractivity contribution in [1.82, 2.24) is 0 Å². The van der Waals surface area contributed by atoms with Crippen LogP contribution in [0.3, 0.4) is 0 Å². The van der Waals surface area contributed by atoms with E-state index in [0.29, 0.717) is 0 Å². The molecule has 0 saturated heterocycles. The molecule has 0 bridgehead atoms. The van der Waals surface area contributed by atoms with E-state index < -0.39 is 0 Å². The highest BCUT2D eigenvalue weighted by molar-refractivity contribution is 14.1. The Kier molecular flexibility index (Phi) is 13.5. The molecule has 17 heavy (non-hydrogen) atoms. The van der Waals surface area contributed by atoms with Gasteiger partial charge in [0, 0.05) is 27.0 Å². The summed E-state index contributed by atoms with van der Waals surface area (Å²) in [6, 6.07) is 10.8. The van der Waals surface area contributed by atoms with Crippen molar-refractivity contribution >= 4 is 30.4 Å². The van der Waals surface area contributed by atoms with Gasteiger partial charge in [-0.1, -0.05) is 30.3 Å². The second-order valence-electron chi connectivity index (χ2n) is 3.93. The molecular formula is C13H22Cl2IN. The van der Waals surface area contributed by atoms with Crippen molar-refractivity contribution in [1.29, 1.82) is 0 Å². The molecule has 0 unspecified atom stereocenters. The zero-order valence-corrected chi connectivity index (χ0v) is 14.5. The lowest BCUT2D eigenvalue weighted by molar-refractivity contribution is -0.936. The van der Waals surface area contributed by atoms with Gasteiger partial charge >= 0.3 is 0 Å². The third-order valence-electron chi connectivity index (χ3n) is 3.37. The van der Waals surface area contributed by atoms with Gasteiger partial charge in [-0.3, -0.25) is 0 Å². The van der Waals surface area contributed by atoms with Gasteiger partial charge in [-0.15, -0.1) is 0 Å². The highest BCUT2D eigenvalue weighted by Crippen LogP contribution is 2.13. The van der Waals surface area contributed by atoms with Crippen molar-refractivity contribution in [2.45, 2.75) is 27.3 Å². The highest BCUT2D eigenvalue weighted by atomic mass is 127. The molecule has 0 aromatic heterocycles. The van der Waals surface area contributed by atoms with Gasteiger partial charge in [0.25, 0.3) is 0 Å². The lowest BCUT2D eigenvalue weighted by Crippen LogP contribution is -3.00. The van der Waals surface area contributed by atoms with Crippen LogP contribution in [0.4, 0.5) is 0 Å². The molecule has 0 amide bonds. The normalized spacial score (nSPS) is 9.94. The summed E-state index contributed by atoms with van der Waals surface area (Å²) in [7, 11) is 4.61. The van der Waals surface area contributed by atoms with E-state index in [1.54, 1.807) is 21.5 Å². The van der Waals surface area contributed by atoms with Crippen molar-refractivity contribution in [2.75, 3.05) is 19.6 Å². The lowest BCUT2D eigenvalue weighted by atomic mass is 10.2. The molecule has 4 heteroatoms. The molecule has 1 aromatic rings. The average Bonchev–Trinajstić information content (AvgIpc) is 2.40. The number of halogens is 3. The van der Waals surface area contributed by atoms with E-state index in [0.717, 1.165) is 0 Å². The van der Waals surface area contributed by atoms with Gasteiger partial charge in [-0.2, -0.15) is 0 Å². The van der Waals surface area contributed by atoms with Gasteiger partial charge in [-0.25, -0.2) is 0 Å². The zero-order valence-electron chi connectivity index (χ0n) is 10.8. The molecule has 0 heterocycles. The van der Waals surface area contributed by atoms with Crippen molar-refractivity contribution in [3.63, 3.8) is 0 Å². The zero-order chi connectivity index (χ0) is 12.4. The summed E-state index contributed by atoms with van der Waals surface area (Å²) in [5.41, 5.74) is 1.46. The molecule has 0 aliphatic carbocycles. The van der Waals surface area contributed by atoms with Crippen molar-refractivity contribution in [3.8, 4) is 0 Å². The topological polar surface area (TPSA) is 0 Å². The minimum atomic E-state index is 0. The van der Waals surface area contributed by atoms with E-state index in [4.69, 9.17) is 0 Å². The number of hydrogen-bond donors (Lipinski definition) is 0. The van der Waals surface area contributed by atoms with E-state index in [9.17, 15) is 0 Å². The van der Waals surface area contributed by atoms with Gasteiger partial charge in [0.15, 0.2) is 0 Å². The average molecular weight is 390 g/mol. The van der Waals surface area contributed by atoms with Crippen LogP contribution < -0.4 is 12.4 Å². The van der Waals surface area contributed by atoms with Gasteiger partial charge < -0.3 is 16.9 Å². The first-order valence-corrected chi connectivity index (χ1v) is 8.53. The first-order valence-electron chi connectivity index (χ1n) is 5.79. The van der Waals surface area contributed by atoms with E-state index in [2.05, 4.69) is 60.0 Å². The molecule has 0 fully saturated rings. The second-order valence-corrected chi connectivity index (χ2v) is 3.93. The Bertz CT molecular complexity index is 255. The quantitative estimate of drug-likeness (QED) is 0.530. The lowest BCUT2D eigenvalue weighted by Gasteiger charge is -2.35. The first-order chi connectivity index (χ1) is 7.76. The Morgan fingerprint density at radius 2 is 1.35 bits per heavy atom. The van der Waals surface area contributed by atoms with Crippen LogP contribution in [0.5, 0.6) is 0 Å². The Morgan fingerprint density at radius 1 is 0.941 bits per heavy atom. The van der Waals surface area contributed by atoms with Crippen LogP contribution >= 0.6 is 30.4 Å². The van der Waals surface area contributed by atoms with E-state index >= 15 is 0 Å². The molecule has 1 rings (SSSR count). The number of rotatable bonds is 5. The fourth-order valence-electron chi connectivity index (χ4n) is 1.98. The third-order valence-corrected chi connectivity index (χ3v) is 3.37. The first kappa shape index (κ1) is 19.8. The molecule has 100 valence electrons. The minimum absolute atomic E-state index is 0. The Hall–Kier alpha value is 0.490. The third kappa shape index (κ3) is 6.85. The monoisotopic (exact) mass is 389 g/mol. The van der Waals surface area contributed by atoms with E-state index in [-0.39, 0.29) is 12.4 Å². The summed E-state index contributed by atoms with van der Waals surface area (Å²) in [6.45, 7) is 11.7. The molecule has 0 spiro atoms. The van der Waals surface area contributed by atoms with Gasteiger partial charge in [0.1, 0.15) is 6.54 Å². The van der Waals surface area contributed by atoms with Crippen LogP contribution in [0, 0.1) is 0 Å². The van der Waals surface area contributed by atoms with E-state index in [1.807, 2.05) is 0 Å². The minimum Gasteiger partial charge on any atom is -1.00 e. The summed E-state index contributed by atoms with van der Waals surface area (Å²) in [4.78, 5) is 0. The SMILES string of the molecule is CC[N+](CC)(CC)Cc1ccccc1.ClI.[Cl-]. The fraction of sp³-hybridized carbons (Fsp3) is 0.538. The maximum atomic E-state index is 4.61. The van der Waals surface area contributed by atoms with Crippen molar-refractivity contribution < 1.29 is 16.9 Å². The molecule has 0 aliphatic heterocycles. The smallest absolute Gasteiger partial charge is 0.104 e. The summed E-state index contributed by atoms with van der Waals surface area (Å²) < 4.78 is 1.20. The number of quaternary nitrogens is 1. The fourth-order valence-corrected chi connectivity index (χ4v) is 1.98. The van der Waals surface area contributed by atoms with Crippen LogP contribution in [0.15, 0.2) is 30.3 Å². The van der Waals surface area contributed by atoms with Crippen LogP contribution in [0.1, 0.15) is 26.3 Å². The van der Waals surface area contributed by atoms with E-state index in [1.165, 1.54) is 36.2 Å². The molecular weight excluding hydrogens is 368 g/mol. The summed E-state index contributed by atoms with van der Waals surface area (Å²) >= 11 is 1.62. The largest absolute Gasteiger partial charge is 1.00 e. The Balaban J connectivity index is 0. The molecule has 0 aliphatic rings. The van der Waals surface area contributed by atoms with Crippen molar-refractivity contribution in [3.05, 3.63) is 35.9 Å². The Labute approximate surface area is 129 Å². The second kappa shape index (κ2) is 11.6. The maximum absolute atomic E-state index is 4.61. The van der Waals surface area contributed by atoms with Gasteiger partial charge in [0.05, 0.1) is 19.6 Å². The maximum Gasteiger partial charge on any atom is 0.104 e. The number of hydrogen-bond acceptors (Lipinski definition) is 0. The summed E-state index contributed by atoms with van der Waals surface area (Å²) in [5, 5.41) is 0. The summed E-state index contributed by atoms with van der Waals surface area (Å²) in [6.07, 6.45) is 0. The number of nitrogens with zero attached hydrogens (tertiary/aromatic N) is 1. The predicted molar refractivity (Wildman–Crippen MR) is 81.9 cm³/mol. The molecule has 0 radical (unpaired) electrons. The molecule has 0 N–H and O–H groups in total. The standard InChI is InChI=1S/C13H22N.ClI.ClH/c1-4-14(5-2,6-3)12-13-10-8-7-9-11-13;1-2;/h7-11H,4-6,12H2,1-3H3;;1H/q+1;;/p-1. The van der Waals surface area contributed by atoms with Gasteiger partial charge in [-0.05, 0) is 29.7 Å². The van der Waals surface area contributed by atoms with Crippen LogP contribution in [0.2, 0.25) is 0 Å². The van der Waals surface area contributed by atoms with Crippen LogP contribution in [-0.4, -0.2) is 24.1 Å². The molecule has 0 saturated carbocycles. The summed E-state index contributed by atoms with van der Waals surface area (Å²) in [5.74, 6) is 0. The predicted octanol–water partition coefficient (Wildman–Crippen LogP) is 1.64. The Morgan fingerprint density at radius 3 is 1.71 bits per heavy atom. The van der Waals surface area contributed by atoms with Crippen LogP contribution in [-0.2, 0) is 6.54 Å². The highest BCUT2D eigenvalue weighted by Gasteiger charge is 2.20.